The molecule has 2 aliphatic rings. The predicted octanol–water partition coefficient (Wildman–Crippen LogP) is 2.44. The molecule has 25 heavy (non-hydrogen) atoms. The number of morpholine rings is 1. The zero-order chi connectivity index (χ0) is 17.4. The summed E-state index contributed by atoms with van der Waals surface area (Å²) in [6.45, 7) is 4.15. The van der Waals surface area contributed by atoms with E-state index >= 15 is 0 Å². The number of fused-ring (bicyclic) bond motifs is 1. The van der Waals surface area contributed by atoms with Crippen molar-refractivity contribution in [2.24, 2.45) is 0 Å². The Morgan fingerprint density at radius 3 is 2.84 bits per heavy atom. The minimum absolute atomic E-state index is 0.0490. The second-order valence-electron chi connectivity index (χ2n) is 6.59. The molecule has 0 saturated carbocycles. The van der Waals surface area contributed by atoms with E-state index in [0.717, 1.165) is 41.8 Å². The van der Waals surface area contributed by atoms with Gasteiger partial charge in [-0.1, -0.05) is 23.7 Å². The number of carbonyl (C=O) groups excluding carboxylic acids is 1. The number of aromatic nitrogens is 2. The van der Waals surface area contributed by atoms with Gasteiger partial charge in [0.2, 0.25) is 0 Å². The number of amides is 1. The van der Waals surface area contributed by atoms with E-state index in [1.54, 1.807) is 6.92 Å². The van der Waals surface area contributed by atoms with Crippen molar-refractivity contribution in [2.45, 2.75) is 31.5 Å². The lowest BCUT2D eigenvalue weighted by atomic mass is 10.1. The van der Waals surface area contributed by atoms with Gasteiger partial charge in [-0.05, 0) is 31.0 Å². The second kappa shape index (κ2) is 6.99. The second-order valence-corrected chi connectivity index (χ2v) is 7.55. The predicted molar refractivity (Wildman–Crippen MR) is 96.0 cm³/mol. The molecule has 0 spiro atoms. The van der Waals surface area contributed by atoms with E-state index < -0.39 is 0 Å². The largest absolute Gasteiger partial charge is 0.371 e. The van der Waals surface area contributed by atoms with E-state index in [1.807, 2.05) is 24.3 Å². The Morgan fingerprint density at radius 2 is 2.12 bits per heavy atom. The molecule has 2 aliphatic heterocycles. The van der Waals surface area contributed by atoms with E-state index in [1.165, 1.54) is 0 Å². The molecule has 8 heteroatoms. The Kier molecular flexibility index (Phi) is 4.73. The maximum absolute atomic E-state index is 12.3. The van der Waals surface area contributed by atoms with Crippen molar-refractivity contribution in [3.8, 4) is 0 Å². The van der Waals surface area contributed by atoms with Crippen LogP contribution < -0.4 is 5.32 Å². The molecule has 6 nitrogen and oxygen atoms in total. The number of ether oxygens (including phenoxy) is 1. The van der Waals surface area contributed by atoms with Crippen LogP contribution in [0.2, 0.25) is 5.02 Å². The molecule has 0 unspecified atom stereocenters. The average Bonchev–Trinajstić information content (AvgIpc) is 3.20. The standard InChI is InChI=1S/C17H19ClN4O2S/c1-10-16(21-25-20-10)17(23)19-13-6-14-9-24-15(8-22(14)7-13)11-2-4-12(18)5-3-11/h2-5,13-15H,6-9H2,1H3,(H,19,23)/t13-,14+,15-/m1/s1. The maximum Gasteiger partial charge on any atom is 0.273 e. The van der Waals surface area contributed by atoms with Crippen LogP contribution in [0, 0.1) is 6.92 Å². The van der Waals surface area contributed by atoms with Gasteiger partial charge in [-0.25, -0.2) is 0 Å². The number of benzene rings is 1. The smallest absolute Gasteiger partial charge is 0.273 e. The molecule has 1 aromatic heterocycles. The fraction of sp³-hybridized carbons (Fsp3) is 0.471. The monoisotopic (exact) mass is 378 g/mol. The van der Waals surface area contributed by atoms with Crippen molar-refractivity contribution in [3.63, 3.8) is 0 Å². The van der Waals surface area contributed by atoms with Gasteiger partial charge in [-0.15, -0.1) is 0 Å². The summed E-state index contributed by atoms with van der Waals surface area (Å²) in [6, 6.07) is 8.28. The molecule has 3 heterocycles. The summed E-state index contributed by atoms with van der Waals surface area (Å²) in [5, 5.41) is 3.82. The number of hydrogen-bond donors (Lipinski definition) is 1. The number of nitrogens with zero attached hydrogens (tertiary/aromatic N) is 3. The van der Waals surface area contributed by atoms with E-state index in [-0.39, 0.29) is 18.1 Å². The lowest BCUT2D eigenvalue weighted by molar-refractivity contribution is -0.0502. The summed E-state index contributed by atoms with van der Waals surface area (Å²) in [4.78, 5) is 14.7. The fourth-order valence-corrected chi connectivity index (χ4v) is 4.22. The highest BCUT2D eigenvalue weighted by atomic mass is 35.5. The van der Waals surface area contributed by atoms with E-state index in [2.05, 4.69) is 19.0 Å². The van der Waals surface area contributed by atoms with Crippen molar-refractivity contribution in [1.82, 2.24) is 19.0 Å². The molecule has 1 amide bonds. The van der Waals surface area contributed by atoms with Crippen LogP contribution in [0.4, 0.5) is 0 Å². The number of rotatable bonds is 3. The number of hydrogen-bond acceptors (Lipinski definition) is 6. The quantitative estimate of drug-likeness (QED) is 0.888. The third kappa shape index (κ3) is 3.55. The van der Waals surface area contributed by atoms with E-state index in [4.69, 9.17) is 16.3 Å². The Labute approximate surface area is 155 Å². The van der Waals surface area contributed by atoms with Crippen LogP contribution in [-0.4, -0.2) is 51.3 Å². The summed E-state index contributed by atoms with van der Waals surface area (Å²) in [5.74, 6) is -0.133. The van der Waals surface area contributed by atoms with Gasteiger partial charge in [0.05, 0.1) is 30.1 Å². The normalized spacial score (nSPS) is 26.4. The van der Waals surface area contributed by atoms with Crippen LogP contribution in [0.1, 0.15) is 34.3 Å². The minimum Gasteiger partial charge on any atom is -0.371 e. The number of carbonyl (C=O) groups is 1. The average molecular weight is 379 g/mol. The Hall–Kier alpha value is -1.54. The molecule has 1 aromatic carbocycles. The van der Waals surface area contributed by atoms with Crippen molar-refractivity contribution in [3.05, 3.63) is 46.2 Å². The lowest BCUT2D eigenvalue weighted by Crippen LogP contribution is -2.43. The Morgan fingerprint density at radius 1 is 1.32 bits per heavy atom. The number of aryl methyl sites for hydroxylation is 1. The molecule has 3 atom stereocenters. The molecule has 4 rings (SSSR count). The summed E-state index contributed by atoms with van der Waals surface area (Å²) >= 11 is 7.03. The van der Waals surface area contributed by atoms with Gasteiger partial charge < -0.3 is 10.1 Å². The van der Waals surface area contributed by atoms with Gasteiger partial charge in [0.15, 0.2) is 5.69 Å². The molecular weight excluding hydrogens is 360 g/mol. The van der Waals surface area contributed by atoms with E-state index in [9.17, 15) is 4.79 Å². The summed E-state index contributed by atoms with van der Waals surface area (Å²) in [6.07, 6.45) is 0.948. The SMILES string of the molecule is Cc1nsnc1C(=O)N[C@@H]1C[C@H]2CO[C@@H](c3ccc(Cl)cc3)CN2C1. The van der Waals surface area contributed by atoms with Gasteiger partial charge in [0.1, 0.15) is 0 Å². The van der Waals surface area contributed by atoms with Gasteiger partial charge in [0.25, 0.3) is 5.91 Å². The molecule has 2 aromatic rings. The van der Waals surface area contributed by atoms with Gasteiger partial charge >= 0.3 is 0 Å². The first-order chi connectivity index (χ1) is 12.1. The Balaban J connectivity index is 1.38. The van der Waals surface area contributed by atoms with Crippen LogP contribution >= 0.6 is 23.3 Å². The maximum atomic E-state index is 12.3. The highest BCUT2D eigenvalue weighted by Gasteiger charge is 2.38. The Bertz CT molecular complexity index is 766. The third-order valence-corrected chi connectivity index (χ3v) is 5.73. The molecule has 132 valence electrons. The molecule has 1 N–H and O–H groups in total. The van der Waals surface area contributed by atoms with Gasteiger partial charge in [-0.3, -0.25) is 9.69 Å². The van der Waals surface area contributed by atoms with Crippen LogP contribution in [0.25, 0.3) is 0 Å². The van der Waals surface area contributed by atoms with Gasteiger partial charge in [-0.2, -0.15) is 8.75 Å². The summed E-state index contributed by atoms with van der Waals surface area (Å²) in [5.41, 5.74) is 2.26. The topological polar surface area (TPSA) is 67.3 Å². The first-order valence-electron chi connectivity index (χ1n) is 8.31. The van der Waals surface area contributed by atoms with Crippen molar-refractivity contribution >= 4 is 29.2 Å². The molecule has 0 aliphatic carbocycles. The lowest BCUT2D eigenvalue weighted by Gasteiger charge is -2.35. The third-order valence-electron chi connectivity index (χ3n) is 4.86. The summed E-state index contributed by atoms with van der Waals surface area (Å²) in [7, 11) is 0. The highest BCUT2D eigenvalue weighted by molar-refractivity contribution is 6.99. The van der Waals surface area contributed by atoms with E-state index in [0.29, 0.717) is 24.0 Å². The first kappa shape index (κ1) is 16.9. The van der Waals surface area contributed by atoms with Gasteiger partial charge in [0, 0.05) is 30.2 Å². The molecule has 0 radical (unpaired) electrons. The van der Waals surface area contributed by atoms with Crippen LogP contribution in [-0.2, 0) is 4.74 Å². The number of halogens is 1. The highest BCUT2D eigenvalue weighted by Crippen LogP contribution is 2.30. The number of nitrogens with one attached hydrogen (secondary N) is 1. The minimum atomic E-state index is -0.133. The van der Waals surface area contributed by atoms with Crippen molar-refractivity contribution < 1.29 is 9.53 Å². The molecule has 2 saturated heterocycles. The summed E-state index contributed by atoms with van der Waals surface area (Å²) < 4.78 is 14.2. The van der Waals surface area contributed by atoms with Crippen molar-refractivity contribution in [2.75, 3.05) is 19.7 Å². The molecular formula is C17H19ClN4O2S. The first-order valence-corrected chi connectivity index (χ1v) is 9.42. The molecule has 2 fully saturated rings. The van der Waals surface area contributed by atoms with Crippen LogP contribution in [0.5, 0.6) is 0 Å². The zero-order valence-corrected chi connectivity index (χ0v) is 15.4. The molecule has 0 bridgehead atoms. The van der Waals surface area contributed by atoms with Crippen molar-refractivity contribution in [1.29, 1.82) is 0 Å². The van der Waals surface area contributed by atoms with Crippen LogP contribution in [0.3, 0.4) is 0 Å². The fourth-order valence-electron chi connectivity index (χ4n) is 3.55. The van der Waals surface area contributed by atoms with Crippen LogP contribution in [0.15, 0.2) is 24.3 Å². The zero-order valence-electron chi connectivity index (χ0n) is 13.8.